The first-order valence-electron chi connectivity index (χ1n) is 9.98. The highest BCUT2D eigenvalue weighted by atomic mass is 127. The van der Waals surface area contributed by atoms with Gasteiger partial charge in [-0.2, -0.15) is 0 Å². The van der Waals surface area contributed by atoms with Crippen LogP contribution < -0.4 is 5.32 Å². The van der Waals surface area contributed by atoms with Crippen molar-refractivity contribution < 1.29 is 13.2 Å². The average Bonchev–Trinajstić information content (AvgIpc) is 3.18. The molecule has 0 bridgehead atoms. The van der Waals surface area contributed by atoms with E-state index in [1.54, 1.807) is 0 Å². The molecule has 0 spiro atoms. The molecule has 3 rings (SSSR count). The van der Waals surface area contributed by atoms with Crippen LogP contribution in [0.5, 0.6) is 0 Å². The number of ether oxygens (including phenoxy) is 1. The highest BCUT2D eigenvalue weighted by Crippen LogP contribution is 2.21. The minimum absolute atomic E-state index is 0. The molecule has 9 heteroatoms. The molecule has 2 atom stereocenters. The molecule has 3 aliphatic heterocycles. The molecule has 0 aromatic rings. The lowest BCUT2D eigenvalue weighted by Gasteiger charge is -2.29. The average molecular weight is 514 g/mol. The van der Waals surface area contributed by atoms with Gasteiger partial charge < -0.3 is 15.0 Å². The molecule has 0 aliphatic carbocycles. The highest BCUT2D eigenvalue weighted by Gasteiger charge is 2.30. The zero-order chi connectivity index (χ0) is 18.6. The predicted octanol–water partition coefficient (Wildman–Crippen LogP) is 1.05. The number of morpholine rings is 1. The van der Waals surface area contributed by atoms with E-state index < -0.39 is 9.84 Å². The van der Waals surface area contributed by atoms with Gasteiger partial charge in [0.25, 0.3) is 0 Å². The van der Waals surface area contributed by atoms with E-state index in [-0.39, 0.29) is 29.9 Å². The predicted molar refractivity (Wildman–Crippen MR) is 120 cm³/mol. The summed E-state index contributed by atoms with van der Waals surface area (Å²) < 4.78 is 28.8. The van der Waals surface area contributed by atoms with Crippen LogP contribution in [0, 0.1) is 11.8 Å². The van der Waals surface area contributed by atoms with Crippen LogP contribution in [0.1, 0.15) is 26.7 Å². The normalized spacial score (nSPS) is 29.1. The second-order valence-electron chi connectivity index (χ2n) is 8.25. The maximum atomic E-state index is 11.7. The van der Waals surface area contributed by atoms with Crippen molar-refractivity contribution >= 4 is 39.8 Å². The van der Waals surface area contributed by atoms with E-state index in [2.05, 4.69) is 29.0 Å². The molecule has 0 saturated carbocycles. The summed E-state index contributed by atoms with van der Waals surface area (Å²) in [6, 6.07) is 0.319. The van der Waals surface area contributed by atoms with Gasteiger partial charge in [0.05, 0.1) is 24.7 Å². The van der Waals surface area contributed by atoms with Crippen LogP contribution in [0.2, 0.25) is 0 Å². The smallest absolute Gasteiger partial charge is 0.194 e. The molecule has 0 amide bonds. The quantitative estimate of drug-likeness (QED) is 0.336. The Bertz CT molecular complexity index is 593. The lowest BCUT2D eigenvalue weighted by Crippen LogP contribution is -2.44. The van der Waals surface area contributed by atoms with Gasteiger partial charge in [-0.25, -0.2) is 8.42 Å². The summed E-state index contributed by atoms with van der Waals surface area (Å²) in [6.45, 7) is 11.8. The summed E-state index contributed by atoms with van der Waals surface area (Å²) in [7, 11) is -2.83. The Kier molecular flexibility index (Phi) is 9.08. The Hall–Kier alpha value is -0.130. The molecule has 3 aliphatic rings. The minimum Gasteiger partial charge on any atom is -0.379 e. The second kappa shape index (κ2) is 10.6. The van der Waals surface area contributed by atoms with Gasteiger partial charge in [0, 0.05) is 45.3 Å². The van der Waals surface area contributed by atoms with Gasteiger partial charge in [0.15, 0.2) is 15.8 Å². The third-order valence-electron chi connectivity index (χ3n) is 5.45. The third-order valence-corrected chi connectivity index (χ3v) is 7.29. The van der Waals surface area contributed by atoms with E-state index in [0.717, 1.165) is 58.3 Å². The molecule has 0 radical (unpaired) electrons. The Morgan fingerprint density at radius 3 is 2.56 bits per heavy atom. The number of rotatable bonds is 5. The van der Waals surface area contributed by atoms with Gasteiger partial charge in [-0.15, -0.1) is 24.0 Å². The standard InChI is InChI=1S/C18H34N4O3S.HI/c1-15(2)20-18(19-11-16-4-10-26(23,24)14-16)22-5-3-17(13-22)12-21-6-8-25-9-7-21;/h15-17H,3-14H2,1-2H3,(H,19,20);1H. The Morgan fingerprint density at radius 1 is 1.19 bits per heavy atom. The number of hydrogen-bond donors (Lipinski definition) is 1. The zero-order valence-electron chi connectivity index (χ0n) is 16.6. The number of nitrogens with zero attached hydrogens (tertiary/aromatic N) is 3. The van der Waals surface area contributed by atoms with Gasteiger partial charge in [-0.3, -0.25) is 9.89 Å². The Balaban J connectivity index is 0.00000261. The van der Waals surface area contributed by atoms with Crippen molar-refractivity contribution in [3.05, 3.63) is 0 Å². The zero-order valence-corrected chi connectivity index (χ0v) is 19.7. The summed E-state index contributed by atoms with van der Waals surface area (Å²) in [5, 5.41) is 3.48. The fourth-order valence-electron chi connectivity index (χ4n) is 4.05. The van der Waals surface area contributed by atoms with Gasteiger partial charge >= 0.3 is 0 Å². The summed E-state index contributed by atoms with van der Waals surface area (Å²) in [5.74, 6) is 2.42. The number of likely N-dealkylation sites (tertiary alicyclic amines) is 1. The minimum atomic E-state index is -2.83. The van der Waals surface area contributed by atoms with E-state index >= 15 is 0 Å². The van der Waals surface area contributed by atoms with Gasteiger partial charge in [-0.1, -0.05) is 0 Å². The number of nitrogens with one attached hydrogen (secondary N) is 1. The summed E-state index contributed by atoms with van der Waals surface area (Å²) >= 11 is 0. The van der Waals surface area contributed by atoms with Crippen LogP contribution in [-0.2, 0) is 14.6 Å². The molecular weight excluding hydrogens is 479 g/mol. The maximum Gasteiger partial charge on any atom is 0.194 e. The molecule has 27 heavy (non-hydrogen) atoms. The number of halogens is 1. The molecule has 3 fully saturated rings. The number of aliphatic imine (C=N–C) groups is 1. The first-order chi connectivity index (χ1) is 12.4. The van der Waals surface area contributed by atoms with E-state index in [4.69, 9.17) is 9.73 Å². The third kappa shape index (κ3) is 7.32. The molecule has 3 heterocycles. The van der Waals surface area contributed by atoms with Crippen LogP contribution in [-0.4, -0.2) is 94.2 Å². The van der Waals surface area contributed by atoms with Crippen LogP contribution in [0.15, 0.2) is 4.99 Å². The molecule has 158 valence electrons. The van der Waals surface area contributed by atoms with Crippen LogP contribution in [0.25, 0.3) is 0 Å². The first kappa shape index (κ1) is 23.2. The lowest BCUT2D eigenvalue weighted by atomic mass is 10.1. The lowest BCUT2D eigenvalue weighted by molar-refractivity contribution is 0.0315. The van der Waals surface area contributed by atoms with Crippen LogP contribution in [0.3, 0.4) is 0 Å². The van der Waals surface area contributed by atoms with E-state index in [1.165, 1.54) is 6.42 Å². The molecule has 3 saturated heterocycles. The van der Waals surface area contributed by atoms with Crippen molar-refractivity contribution in [1.29, 1.82) is 0 Å². The monoisotopic (exact) mass is 514 g/mol. The number of guanidine groups is 1. The topological polar surface area (TPSA) is 74.2 Å². The molecule has 2 unspecified atom stereocenters. The van der Waals surface area contributed by atoms with Crippen molar-refractivity contribution in [3.8, 4) is 0 Å². The largest absolute Gasteiger partial charge is 0.379 e. The Labute approximate surface area is 181 Å². The molecule has 7 nitrogen and oxygen atoms in total. The highest BCUT2D eigenvalue weighted by molar-refractivity contribution is 14.0. The summed E-state index contributed by atoms with van der Waals surface area (Å²) in [5.41, 5.74) is 0. The van der Waals surface area contributed by atoms with Crippen molar-refractivity contribution in [2.24, 2.45) is 16.8 Å². The second-order valence-corrected chi connectivity index (χ2v) is 10.5. The van der Waals surface area contributed by atoms with Crippen molar-refractivity contribution in [3.63, 3.8) is 0 Å². The first-order valence-corrected chi connectivity index (χ1v) is 11.8. The van der Waals surface area contributed by atoms with Gasteiger partial charge in [-0.05, 0) is 38.5 Å². The molecule has 0 aromatic heterocycles. The maximum absolute atomic E-state index is 11.7. The van der Waals surface area contributed by atoms with Crippen molar-refractivity contribution in [2.75, 3.05) is 64.0 Å². The van der Waals surface area contributed by atoms with Gasteiger partial charge in [0.1, 0.15) is 0 Å². The summed E-state index contributed by atoms with van der Waals surface area (Å²) in [6.07, 6.45) is 1.94. The van der Waals surface area contributed by atoms with Crippen molar-refractivity contribution in [1.82, 2.24) is 15.1 Å². The fourth-order valence-corrected chi connectivity index (χ4v) is 5.90. The number of sulfone groups is 1. The SMILES string of the molecule is CC(C)NC(=NCC1CCS(=O)(=O)C1)N1CCC(CN2CCOCC2)C1.I. The fraction of sp³-hybridized carbons (Fsp3) is 0.944. The van der Waals surface area contributed by atoms with Crippen LogP contribution in [0.4, 0.5) is 0 Å². The number of hydrogen-bond acceptors (Lipinski definition) is 5. The van der Waals surface area contributed by atoms with Crippen LogP contribution >= 0.6 is 24.0 Å². The molecule has 1 N–H and O–H groups in total. The summed E-state index contributed by atoms with van der Waals surface area (Å²) in [4.78, 5) is 9.67. The molecule has 0 aromatic carbocycles. The van der Waals surface area contributed by atoms with E-state index in [1.807, 2.05) is 0 Å². The van der Waals surface area contributed by atoms with Crippen molar-refractivity contribution in [2.45, 2.75) is 32.7 Å². The Morgan fingerprint density at radius 2 is 1.93 bits per heavy atom. The van der Waals surface area contributed by atoms with E-state index in [9.17, 15) is 8.42 Å². The van der Waals surface area contributed by atoms with Gasteiger partial charge in [0.2, 0.25) is 0 Å². The van der Waals surface area contributed by atoms with E-state index in [0.29, 0.717) is 30.0 Å². The molecular formula is C18H35IN4O3S.